The molecule has 2 saturated heterocycles. The van der Waals surface area contributed by atoms with Gasteiger partial charge in [0.25, 0.3) is 0 Å². The lowest BCUT2D eigenvalue weighted by Crippen LogP contribution is -2.42. The van der Waals surface area contributed by atoms with E-state index in [9.17, 15) is 4.79 Å². The quantitative estimate of drug-likeness (QED) is 0.844. The Labute approximate surface area is 147 Å². The number of nitrogens with zero attached hydrogens (tertiary/aromatic N) is 1. The number of benzene rings is 2. The molecule has 5 rings (SSSR count). The maximum absolute atomic E-state index is 12.6. The van der Waals surface area contributed by atoms with E-state index in [2.05, 4.69) is 48.3 Å². The molecular weight excluding hydrogens is 314 g/mol. The number of rotatable bonds is 2. The molecule has 0 radical (unpaired) electrons. The molecule has 3 heterocycles. The highest BCUT2D eigenvalue weighted by Gasteiger charge is 2.64. The summed E-state index contributed by atoms with van der Waals surface area (Å²) in [5.74, 6) is 1.24. The minimum atomic E-state index is -0.418. The van der Waals surface area contributed by atoms with Gasteiger partial charge in [0.05, 0.1) is 13.2 Å². The zero-order valence-electron chi connectivity index (χ0n) is 14.4. The summed E-state index contributed by atoms with van der Waals surface area (Å²) < 4.78 is 11.9. The molecule has 4 heteroatoms. The smallest absolute Gasteiger partial charge is 0.163 e. The number of ketones is 1. The molecule has 4 atom stereocenters. The molecule has 2 bridgehead atoms. The maximum Gasteiger partial charge on any atom is 0.163 e. The van der Waals surface area contributed by atoms with Gasteiger partial charge in [-0.2, -0.15) is 0 Å². The van der Waals surface area contributed by atoms with Gasteiger partial charge in [0, 0.05) is 31.1 Å². The summed E-state index contributed by atoms with van der Waals surface area (Å²) in [4.78, 5) is 14.8. The van der Waals surface area contributed by atoms with Gasteiger partial charge in [0.15, 0.2) is 5.78 Å². The van der Waals surface area contributed by atoms with E-state index in [1.54, 1.807) is 7.11 Å². The number of hydrogen-bond acceptors (Lipinski definition) is 4. The number of Topliss-reactive ketones (excluding diaryl/α,β-unsaturated/α-hetero) is 1. The Balaban J connectivity index is 1.72. The molecule has 0 unspecified atom stereocenters. The van der Waals surface area contributed by atoms with Crippen LogP contribution >= 0.6 is 0 Å². The van der Waals surface area contributed by atoms with Gasteiger partial charge in [-0.15, -0.1) is 0 Å². The molecule has 2 fully saturated rings. The minimum Gasteiger partial charge on any atom is -0.497 e. The van der Waals surface area contributed by atoms with E-state index in [4.69, 9.17) is 9.47 Å². The van der Waals surface area contributed by atoms with Crippen molar-refractivity contribution in [1.82, 2.24) is 0 Å². The van der Waals surface area contributed by atoms with E-state index in [1.807, 2.05) is 12.1 Å². The molecule has 0 aromatic heterocycles. The summed E-state index contributed by atoms with van der Waals surface area (Å²) in [5, 5.41) is 0. The van der Waals surface area contributed by atoms with Crippen LogP contribution in [-0.2, 0) is 15.1 Å². The molecule has 128 valence electrons. The molecule has 0 aliphatic carbocycles. The highest BCUT2D eigenvalue weighted by Crippen LogP contribution is 2.61. The predicted molar refractivity (Wildman–Crippen MR) is 95.2 cm³/mol. The van der Waals surface area contributed by atoms with Gasteiger partial charge in [-0.3, -0.25) is 4.79 Å². The Kier molecular flexibility index (Phi) is 3.04. The fraction of sp³-hybridized carbons (Fsp3) is 0.381. The molecule has 0 spiro atoms. The summed E-state index contributed by atoms with van der Waals surface area (Å²) in [5.41, 5.74) is 3.17. The summed E-state index contributed by atoms with van der Waals surface area (Å²) >= 11 is 0. The second-order valence-electron chi connectivity index (χ2n) is 7.26. The molecule has 25 heavy (non-hydrogen) atoms. The lowest BCUT2D eigenvalue weighted by Gasteiger charge is -2.37. The van der Waals surface area contributed by atoms with Crippen molar-refractivity contribution in [2.24, 2.45) is 0 Å². The SMILES string of the molecule is COc1ccc2c(c1)N(C)[C@H]1[C@H]3O[C@](c4ccccc4)(CCC3=O)[C@@H]21. The molecule has 0 amide bonds. The van der Waals surface area contributed by atoms with Gasteiger partial charge in [0.1, 0.15) is 17.5 Å². The highest BCUT2D eigenvalue weighted by atomic mass is 16.5. The molecular formula is C21H21NO3. The third-order valence-electron chi connectivity index (χ3n) is 6.21. The number of hydrogen-bond donors (Lipinski definition) is 0. The van der Waals surface area contributed by atoms with Crippen LogP contribution in [0.25, 0.3) is 0 Å². The zero-order chi connectivity index (χ0) is 17.2. The molecule has 2 aromatic carbocycles. The van der Waals surface area contributed by atoms with Crippen LogP contribution in [0.3, 0.4) is 0 Å². The first-order valence-electron chi connectivity index (χ1n) is 8.82. The molecule has 4 nitrogen and oxygen atoms in total. The Morgan fingerprint density at radius 2 is 2.00 bits per heavy atom. The predicted octanol–water partition coefficient (Wildman–Crippen LogP) is 3.25. The van der Waals surface area contributed by atoms with E-state index in [0.29, 0.717) is 6.42 Å². The summed E-state index contributed by atoms with van der Waals surface area (Å²) in [7, 11) is 3.75. The monoisotopic (exact) mass is 335 g/mol. The summed E-state index contributed by atoms with van der Waals surface area (Å²) in [6.45, 7) is 0. The molecule has 3 aliphatic rings. The van der Waals surface area contributed by atoms with Crippen molar-refractivity contribution in [2.45, 2.75) is 36.5 Å². The van der Waals surface area contributed by atoms with Crippen molar-refractivity contribution in [2.75, 3.05) is 19.1 Å². The van der Waals surface area contributed by atoms with Crippen LogP contribution in [0.2, 0.25) is 0 Å². The third kappa shape index (κ3) is 1.83. The van der Waals surface area contributed by atoms with Crippen molar-refractivity contribution >= 4 is 11.5 Å². The second kappa shape index (κ2) is 5.09. The van der Waals surface area contributed by atoms with Gasteiger partial charge in [-0.1, -0.05) is 36.4 Å². The number of carbonyl (C=O) groups excluding carboxylic acids is 1. The first-order chi connectivity index (χ1) is 12.2. The Bertz CT molecular complexity index is 849. The van der Waals surface area contributed by atoms with E-state index in [0.717, 1.165) is 17.9 Å². The number of anilines is 1. The number of methoxy groups -OCH3 is 1. The number of fused-ring (bicyclic) bond motifs is 7. The van der Waals surface area contributed by atoms with Crippen molar-refractivity contribution in [3.8, 4) is 5.75 Å². The first kappa shape index (κ1) is 15.0. The fourth-order valence-corrected chi connectivity index (χ4v) is 5.10. The van der Waals surface area contributed by atoms with Crippen molar-refractivity contribution < 1.29 is 14.3 Å². The van der Waals surface area contributed by atoms with E-state index >= 15 is 0 Å². The Morgan fingerprint density at radius 1 is 1.20 bits per heavy atom. The van der Waals surface area contributed by atoms with Gasteiger partial charge in [-0.05, 0) is 23.6 Å². The Hall–Kier alpha value is -2.33. The van der Waals surface area contributed by atoms with Crippen LogP contribution in [-0.4, -0.2) is 32.1 Å². The van der Waals surface area contributed by atoms with Gasteiger partial charge in [0.2, 0.25) is 0 Å². The van der Waals surface area contributed by atoms with Gasteiger partial charge < -0.3 is 14.4 Å². The van der Waals surface area contributed by atoms with E-state index < -0.39 is 5.60 Å². The number of ether oxygens (including phenoxy) is 2. The lowest BCUT2D eigenvalue weighted by molar-refractivity contribution is -0.148. The normalized spacial score (nSPS) is 32.5. The minimum absolute atomic E-state index is 0.0531. The molecule has 3 aliphatic heterocycles. The van der Waals surface area contributed by atoms with E-state index in [1.165, 1.54) is 11.1 Å². The number of carbonyl (C=O) groups is 1. The third-order valence-corrected chi connectivity index (χ3v) is 6.21. The number of likely N-dealkylation sites (N-methyl/N-ethyl adjacent to an activating group) is 1. The first-order valence-corrected chi connectivity index (χ1v) is 8.82. The van der Waals surface area contributed by atoms with Gasteiger partial charge in [-0.25, -0.2) is 0 Å². The van der Waals surface area contributed by atoms with Crippen LogP contribution in [0.15, 0.2) is 48.5 Å². The van der Waals surface area contributed by atoms with Gasteiger partial charge >= 0.3 is 0 Å². The van der Waals surface area contributed by atoms with Crippen molar-refractivity contribution in [3.05, 3.63) is 59.7 Å². The Morgan fingerprint density at radius 3 is 2.76 bits per heavy atom. The average molecular weight is 335 g/mol. The molecule has 2 aromatic rings. The maximum atomic E-state index is 12.6. The summed E-state index contributed by atoms with van der Waals surface area (Å²) in [6.07, 6.45) is 0.973. The van der Waals surface area contributed by atoms with Crippen LogP contribution < -0.4 is 9.64 Å². The van der Waals surface area contributed by atoms with Crippen LogP contribution in [0, 0.1) is 0 Å². The highest BCUT2D eigenvalue weighted by molar-refractivity contribution is 5.88. The topological polar surface area (TPSA) is 38.8 Å². The lowest BCUT2D eigenvalue weighted by atomic mass is 9.75. The zero-order valence-corrected chi connectivity index (χ0v) is 14.4. The second-order valence-corrected chi connectivity index (χ2v) is 7.26. The van der Waals surface area contributed by atoms with Crippen molar-refractivity contribution in [3.63, 3.8) is 0 Å². The van der Waals surface area contributed by atoms with Crippen molar-refractivity contribution in [1.29, 1.82) is 0 Å². The average Bonchev–Trinajstić information content (AvgIpc) is 3.12. The van der Waals surface area contributed by atoms with Crippen LogP contribution in [0.5, 0.6) is 5.75 Å². The standard InChI is InChI=1S/C21H21NO3/c1-22-16-12-14(24-2)8-9-15(16)18-19(22)20-17(23)10-11-21(18,25-20)13-6-4-3-5-7-13/h3-9,12,18-20H,10-11H2,1-2H3/t18-,19+,20-,21-/m0/s1. The summed E-state index contributed by atoms with van der Waals surface area (Å²) in [6, 6.07) is 16.7. The largest absolute Gasteiger partial charge is 0.497 e. The van der Waals surface area contributed by atoms with Crippen LogP contribution in [0.1, 0.15) is 29.9 Å². The fourth-order valence-electron chi connectivity index (χ4n) is 5.10. The van der Waals surface area contributed by atoms with Crippen LogP contribution in [0.4, 0.5) is 5.69 Å². The molecule has 0 N–H and O–H groups in total. The van der Waals surface area contributed by atoms with E-state index in [-0.39, 0.29) is 23.8 Å². The molecule has 0 saturated carbocycles.